The molecule has 92 valence electrons. The Morgan fingerprint density at radius 1 is 0.789 bits per heavy atom. The maximum absolute atomic E-state index is 9.69. The lowest BCUT2D eigenvalue weighted by Gasteiger charge is -2.01. The second-order valence-electron chi connectivity index (χ2n) is 4.32. The quantitative estimate of drug-likeness (QED) is 0.673. The number of hydrogen-bond acceptors (Lipinski definition) is 2. The summed E-state index contributed by atoms with van der Waals surface area (Å²) in [6.45, 7) is 0. The van der Waals surface area contributed by atoms with E-state index in [0.717, 1.165) is 10.9 Å². The Balaban J connectivity index is 2.04. The van der Waals surface area contributed by atoms with Crippen LogP contribution >= 0.6 is 0 Å². The third-order valence-corrected chi connectivity index (χ3v) is 3.05. The molecule has 0 aromatic heterocycles. The maximum Gasteiger partial charge on any atom is 0.141 e. The van der Waals surface area contributed by atoms with E-state index in [4.69, 9.17) is 0 Å². The molecule has 3 aromatic rings. The number of rotatable bonds is 2. The average molecular weight is 247 g/mol. The largest absolute Gasteiger partial charge is 0.506 e. The van der Waals surface area contributed by atoms with Gasteiger partial charge in [-0.25, -0.2) is 0 Å². The summed E-state index contributed by atoms with van der Waals surface area (Å²) in [7, 11) is 0. The Labute approximate surface area is 111 Å². The lowest BCUT2D eigenvalue weighted by molar-refractivity contribution is 0.477. The van der Waals surface area contributed by atoms with Crippen LogP contribution in [0.1, 0.15) is 5.56 Å². The summed E-state index contributed by atoms with van der Waals surface area (Å²) in [4.78, 5) is 4.35. The lowest BCUT2D eigenvalue weighted by atomic mass is 10.1. The van der Waals surface area contributed by atoms with E-state index in [1.165, 1.54) is 5.39 Å². The predicted molar refractivity (Wildman–Crippen MR) is 79.3 cm³/mol. The van der Waals surface area contributed by atoms with Gasteiger partial charge in [-0.1, -0.05) is 54.6 Å². The number of aromatic hydroxyl groups is 1. The zero-order valence-corrected chi connectivity index (χ0v) is 10.3. The van der Waals surface area contributed by atoms with Crippen LogP contribution in [-0.4, -0.2) is 11.3 Å². The normalized spacial score (nSPS) is 11.2. The van der Waals surface area contributed by atoms with Crippen molar-refractivity contribution in [3.8, 4) is 5.75 Å². The number of fused-ring (bicyclic) bond motifs is 1. The molecule has 1 N–H and O–H groups in total. The minimum Gasteiger partial charge on any atom is -0.506 e. The fraction of sp³-hybridized carbons (Fsp3) is 0. The van der Waals surface area contributed by atoms with Gasteiger partial charge in [0, 0.05) is 11.8 Å². The number of phenols is 1. The fourth-order valence-corrected chi connectivity index (χ4v) is 2.08. The number of nitrogens with zero attached hydrogens (tertiary/aromatic N) is 1. The molecule has 0 radical (unpaired) electrons. The first-order valence-corrected chi connectivity index (χ1v) is 6.14. The third-order valence-electron chi connectivity index (χ3n) is 3.05. The molecule has 2 heteroatoms. The molecule has 3 rings (SSSR count). The number of hydrogen-bond donors (Lipinski definition) is 1. The van der Waals surface area contributed by atoms with Gasteiger partial charge in [0.25, 0.3) is 0 Å². The molecule has 0 fully saturated rings. The Kier molecular flexibility index (Phi) is 2.99. The summed E-state index contributed by atoms with van der Waals surface area (Å²) >= 11 is 0. The zero-order chi connectivity index (χ0) is 13.1. The molecule has 3 aromatic carbocycles. The van der Waals surface area contributed by atoms with Crippen molar-refractivity contribution < 1.29 is 5.11 Å². The van der Waals surface area contributed by atoms with Crippen molar-refractivity contribution >= 4 is 22.7 Å². The van der Waals surface area contributed by atoms with Crippen molar-refractivity contribution in [1.82, 2.24) is 0 Å². The second-order valence-corrected chi connectivity index (χ2v) is 4.32. The summed E-state index contributed by atoms with van der Waals surface area (Å²) in [6, 6.07) is 21.3. The van der Waals surface area contributed by atoms with Crippen LogP contribution < -0.4 is 0 Å². The molecule has 0 atom stereocenters. The van der Waals surface area contributed by atoms with Crippen molar-refractivity contribution in [2.45, 2.75) is 0 Å². The van der Waals surface area contributed by atoms with Crippen molar-refractivity contribution in [2.75, 3.05) is 0 Å². The number of phenolic OH excluding ortho intramolecular Hbond substituents is 1. The molecule has 0 amide bonds. The number of aliphatic imine (C=N–C) groups is 1. The monoisotopic (exact) mass is 247 g/mol. The van der Waals surface area contributed by atoms with Crippen molar-refractivity contribution in [3.05, 3.63) is 72.3 Å². The Morgan fingerprint density at radius 2 is 1.53 bits per heavy atom. The van der Waals surface area contributed by atoms with Gasteiger partial charge in [-0.05, 0) is 22.9 Å². The summed E-state index contributed by atoms with van der Waals surface area (Å²) in [5.41, 5.74) is 1.62. The molecule has 0 aliphatic rings. The molecule has 19 heavy (non-hydrogen) atoms. The lowest BCUT2D eigenvalue weighted by Crippen LogP contribution is -1.83. The van der Waals surface area contributed by atoms with Crippen LogP contribution in [0.25, 0.3) is 10.8 Å². The SMILES string of the molecule is Oc1ccccc1/N=C/c1cccc2ccccc12. The molecule has 2 nitrogen and oxygen atoms in total. The minimum atomic E-state index is 0.194. The van der Waals surface area contributed by atoms with E-state index < -0.39 is 0 Å². The first kappa shape index (κ1) is 11.5. The number of para-hydroxylation sites is 2. The van der Waals surface area contributed by atoms with Crippen molar-refractivity contribution in [1.29, 1.82) is 0 Å². The third kappa shape index (κ3) is 2.33. The van der Waals surface area contributed by atoms with Gasteiger partial charge in [0.05, 0.1) is 0 Å². The van der Waals surface area contributed by atoms with Gasteiger partial charge in [-0.3, -0.25) is 4.99 Å². The second kappa shape index (κ2) is 4.94. The van der Waals surface area contributed by atoms with Crippen LogP contribution in [0.5, 0.6) is 5.75 Å². The molecular weight excluding hydrogens is 234 g/mol. The van der Waals surface area contributed by atoms with E-state index in [1.54, 1.807) is 24.4 Å². The highest BCUT2D eigenvalue weighted by atomic mass is 16.3. The van der Waals surface area contributed by atoms with Crippen LogP contribution in [0.3, 0.4) is 0 Å². The summed E-state index contributed by atoms with van der Waals surface area (Å²) in [5.74, 6) is 0.194. The molecule has 0 spiro atoms. The minimum absolute atomic E-state index is 0.194. The van der Waals surface area contributed by atoms with Gasteiger partial charge >= 0.3 is 0 Å². The molecule has 0 bridgehead atoms. The maximum atomic E-state index is 9.69. The van der Waals surface area contributed by atoms with Gasteiger partial charge in [0.1, 0.15) is 11.4 Å². The van der Waals surface area contributed by atoms with Crippen molar-refractivity contribution in [3.63, 3.8) is 0 Å². The van der Waals surface area contributed by atoms with Gasteiger partial charge in [0.15, 0.2) is 0 Å². The first-order valence-electron chi connectivity index (χ1n) is 6.14. The van der Waals surface area contributed by atoms with Gasteiger partial charge in [-0.2, -0.15) is 0 Å². The molecule has 0 unspecified atom stereocenters. The highest BCUT2D eigenvalue weighted by Gasteiger charge is 1.98. The Bertz CT molecular complexity index is 742. The zero-order valence-electron chi connectivity index (χ0n) is 10.3. The van der Waals surface area contributed by atoms with Gasteiger partial charge in [0.2, 0.25) is 0 Å². The first-order chi connectivity index (χ1) is 9.34. The van der Waals surface area contributed by atoms with Crippen LogP contribution in [-0.2, 0) is 0 Å². The van der Waals surface area contributed by atoms with E-state index in [9.17, 15) is 5.11 Å². The van der Waals surface area contributed by atoms with E-state index in [1.807, 2.05) is 30.3 Å². The van der Waals surface area contributed by atoms with Crippen molar-refractivity contribution in [2.24, 2.45) is 4.99 Å². The molecule has 0 saturated heterocycles. The Hall–Kier alpha value is -2.61. The smallest absolute Gasteiger partial charge is 0.141 e. The summed E-state index contributed by atoms with van der Waals surface area (Å²) in [5, 5.41) is 12.0. The van der Waals surface area contributed by atoms with E-state index in [-0.39, 0.29) is 5.75 Å². The van der Waals surface area contributed by atoms with Crippen LogP contribution in [0, 0.1) is 0 Å². The summed E-state index contributed by atoms with van der Waals surface area (Å²) < 4.78 is 0. The van der Waals surface area contributed by atoms with E-state index in [2.05, 4.69) is 23.2 Å². The Morgan fingerprint density at radius 3 is 2.42 bits per heavy atom. The van der Waals surface area contributed by atoms with Crippen LogP contribution in [0.4, 0.5) is 5.69 Å². The highest BCUT2D eigenvalue weighted by molar-refractivity contribution is 6.00. The highest BCUT2D eigenvalue weighted by Crippen LogP contribution is 2.25. The van der Waals surface area contributed by atoms with Gasteiger partial charge < -0.3 is 5.11 Å². The number of benzene rings is 3. The van der Waals surface area contributed by atoms with Crippen LogP contribution in [0.15, 0.2) is 71.7 Å². The molecular formula is C17H13NO. The van der Waals surface area contributed by atoms with Gasteiger partial charge in [-0.15, -0.1) is 0 Å². The van der Waals surface area contributed by atoms with E-state index >= 15 is 0 Å². The molecule has 0 aliphatic heterocycles. The topological polar surface area (TPSA) is 32.6 Å². The standard InChI is InChI=1S/C17H13NO/c19-17-11-4-3-10-16(17)18-12-14-8-5-7-13-6-1-2-9-15(13)14/h1-12,19H/b18-12+. The molecule has 0 aliphatic carbocycles. The predicted octanol–water partition coefficient (Wildman–Crippen LogP) is 4.30. The van der Waals surface area contributed by atoms with E-state index in [0.29, 0.717) is 5.69 Å². The average Bonchev–Trinajstić information content (AvgIpc) is 2.46. The van der Waals surface area contributed by atoms with Crippen LogP contribution in [0.2, 0.25) is 0 Å². The summed E-state index contributed by atoms with van der Waals surface area (Å²) in [6.07, 6.45) is 1.79. The fourth-order valence-electron chi connectivity index (χ4n) is 2.08. The molecule has 0 saturated carbocycles. The molecule has 0 heterocycles.